The van der Waals surface area contributed by atoms with Crippen molar-refractivity contribution in [2.45, 2.75) is 32.3 Å². The van der Waals surface area contributed by atoms with E-state index in [9.17, 15) is 18.4 Å². The Balaban J connectivity index is 2.05. The van der Waals surface area contributed by atoms with Gasteiger partial charge in [0.05, 0.1) is 12.3 Å². The van der Waals surface area contributed by atoms with E-state index in [0.29, 0.717) is 42.2 Å². The number of hydroxylamine groups is 1. The van der Waals surface area contributed by atoms with Crippen LogP contribution in [0.3, 0.4) is 0 Å². The molecule has 188 valence electrons. The molecule has 0 radical (unpaired) electrons. The van der Waals surface area contributed by atoms with E-state index in [1.807, 2.05) is 6.08 Å². The number of allylic oxidation sites excluding steroid dienone is 3. The van der Waals surface area contributed by atoms with Crippen molar-refractivity contribution in [2.24, 2.45) is 0 Å². The second-order valence-electron chi connectivity index (χ2n) is 7.48. The summed E-state index contributed by atoms with van der Waals surface area (Å²) < 4.78 is 37.9. The van der Waals surface area contributed by atoms with Crippen molar-refractivity contribution >= 4 is 17.7 Å². The first-order chi connectivity index (χ1) is 16.8. The minimum absolute atomic E-state index is 0.125. The number of rotatable bonds is 12. The SMILES string of the molecule is CC(/C=C/CCC[C@@H](OC(=O)Nc1ccc(F)cc1F)c1ccc(OCCO)cc1)=C\C(=O)NO. The van der Waals surface area contributed by atoms with E-state index in [2.05, 4.69) is 5.32 Å². The molecule has 10 heteroatoms. The maximum absolute atomic E-state index is 13.9. The maximum atomic E-state index is 13.9. The average Bonchev–Trinajstić information content (AvgIpc) is 2.83. The second-order valence-corrected chi connectivity index (χ2v) is 7.48. The molecule has 0 aliphatic rings. The van der Waals surface area contributed by atoms with E-state index in [-0.39, 0.29) is 18.9 Å². The van der Waals surface area contributed by atoms with Gasteiger partial charge < -0.3 is 14.6 Å². The summed E-state index contributed by atoms with van der Waals surface area (Å²) in [5.74, 6) is -1.78. The minimum atomic E-state index is -0.924. The molecule has 0 saturated carbocycles. The predicted molar refractivity (Wildman–Crippen MR) is 125 cm³/mol. The molecule has 35 heavy (non-hydrogen) atoms. The topological polar surface area (TPSA) is 117 Å². The Kier molecular flexibility index (Phi) is 11.4. The van der Waals surface area contributed by atoms with Crippen molar-refractivity contribution in [2.75, 3.05) is 18.5 Å². The van der Waals surface area contributed by atoms with Crippen LogP contribution in [-0.2, 0) is 9.53 Å². The minimum Gasteiger partial charge on any atom is -0.491 e. The van der Waals surface area contributed by atoms with Crippen LogP contribution in [0.4, 0.5) is 19.3 Å². The normalized spacial score (nSPS) is 12.3. The van der Waals surface area contributed by atoms with Crippen LogP contribution in [0.2, 0.25) is 0 Å². The zero-order chi connectivity index (χ0) is 25.6. The highest BCUT2D eigenvalue weighted by Gasteiger charge is 2.18. The number of hydrogen-bond acceptors (Lipinski definition) is 6. The highest BCUT2D eigenvalue weighted by molar-refractivity contribution is 5.87. The number of aliphatic hydroxyl groups excluding tert-OH is 1. The van der Waals surface area contributed by atoms with E-state index in [1.165, 1.54) is 11.6 Å². The fourth-order valence-electron chi connectivity index (χ4n) is 3.07. The number of halogens is 2. The summed E-state index contributed by atoms with van der Waals surface area (Å²) in [6.07, 6.45) is 4.89. The summed E-state index contributed by atoms with van der Waals surface area (Å²) in [6, 6.07) is 9.59. The molecule has 0 fully saturated rings. The number of carbonyl (C=O) groups excluding carboxylic acids is 2. The zero-order valence-electron chi connectivity index (χ0n) is 19.2. The molecule has 0 saturated heterocycles. The molecule has 2 aromatic rings. The molecule has 2 rings (SSSR count). The molecule has 0 aromatic heterocycles. The van der Waals surface area contributed by atoms with Crippen molar-refractivity contribution in [1.29, 1.82) is 0 Å². The number of aliphatic hydroxyl groups is 1. The number of hydrogen-bond donors (Lipinski definition) is 4. The monoisotopic (exact) mass is 490 g/mol. The standard InChI is InChI=1S/C25H28F2N2O6/c1-17(15-24(31)29-33)5-3-2-4-6-23(18-7-10-20(11-8-18)34-14-13-30)35-25(32)28-22-12-9-19(26)16-21(22)27/h3,5,7-12,15-16,23,30,33H,2,4,6,13-14H2,1H3,(H,28,32)(H,29,31)/b5-3+,17-15+/t23-/m1/s1. The Labute approximate surface area is 201 Å². The van der Waals surface area contributed by atoms with Crippen molar-refractivity contribution < 1.29 is 38.2 Å². The third-order valence-corrected chi connectivity index (χ3v) is 4.72. The van der Waals surface area contributed by atoms with Crippen molar-refractivity contribution in [3.8, 4) is 5.75 Å². The van der Waals surface area contributed by atoms with Gasteiger partial charge in [0.25, 0.3) is 5.91 Å². The first-order valence-corrected chi connectivity index (χ1v) is 10.9. The first-order valence-electron chi connectivity index (χ1n) is 10.9. The number of unbranched alkanes of at least 4 members (excludes halogenated alkanes) is 1. The van der Waals surface area contributed by atoms with Gasteiger partial charge in [0, 0.05) is 12.1 Å². The fraction of sp³-hybridized carbons (Fsp3) is 0.280. The van der Waals surface area contributed by atoms with Crippen LogP contribution in [-0.4, -0.2) is 35.5 Å². The van der Waals surface area contributed by atoms with Gasteiger partial charge in [-0.15, -0.1) is 0 Å². The molecule has 0 spiro atoms. The van der Waals surface area contributed by atoms with Gasteiger partial charge in [0.1, 0.15) is 30.1 Å². The van der Waals surface area contributed by atoms with Gasteiger partial charge in [0.2, 0.25) is 0 Å². The van der Waals surface area contributed by atoms with Crippen LogP contribution < -0.4 is 15.5 Å². The van der Waals surface area contributed by atoms with Gasteiger partial charge in [-0.05, 0) is 61.6 Å². The van der Waals surface area contributed by atoms with Crippen LogP contribution in [0.5, 0.6) is 5.75 Å². The molecule has 0 aliphatic heterocycles. The molecular formula is C25H28F2N2O6. The molecule has 2 aromatic carbocycles. The lowest BCUT2D eigenvalue weighted by Crippen LogP contribution is -2.18. The summed E-state index contributed by atoms with van der Waals surface area (Å²) in [7, 11) is 0. The first kappa shape index (κ1) is 27.5. The van der Waals surface area contributed by atoms with E-state index in [4.69, 9.17) is 19.8 Å². The molecule has 0 bridgehead atoms. The smallest absolute Gasteiger partial charge is 0.412 e. The van der Waals surface area contributed by atoms with E-state index in [0.717, 1.165) is 12.1 Å². The summed E-state index contributed by atoms with van der Waals surface area (Å²) in [6.45, 7) is 1.72. The number of ether oxygens (including phenoxy) is 2. The number of carbonyl (C=O) groups is 2. The van der Waals surface area contributed by atoms with Gasteiger partial charge >= 0.3 is 6.09 Å². The Morgan fingerprint density at radius 3 is 2.54 bits per heavy atom. The third kappa shape index (κ3) is 9.95. The van der Waals surface area contributed by atoms with Crippen molar-refractivity contribution in [1.82, 2.24) is 5.48 Å². The van der Waals surface area contributed by atoms with Crippen LogP contribution in [0.1, 0.15) is 37.9 Å². The van der Waals surface area contributed by atoms with E-state index >= 15 is 0 Å². The summed E-state index contributed by atoms with van der Waals surface area (Å²) >= 11 is 0. The van der Waals surface area contributed by atoms with Crippen LogP contribution in [0, 0.1) is 11.6 Å². The Morgan fingerprint density at radius 1 is 1.14 bits per heavy atom. The highest BCUT2D eigenvalue weighted by Crippen LogP contribution is 2.27. The molecule has 2 amide bonds. The molecular weight excluding hydrogens is 462 g/mol. The van der Waals surface area contributed by atoms with Crippen molar-refractivity contribution in [3.63, 3.8) is 0 Å². The Hall–Kier alpha value is -3.76. The van der Waals surface area contributed by atoms with Crippen LogP contribution >= 0.6 is 0 Å². The highest BCUT2D eigenvalue weighted by atomic mass is 19.1. The summed E-state index contributed by atoms with van der Waals surface area (Å²) in [4.78, 5) is 23.5. The molecule has 0 heterocycles. The lowest BCUT2D eigenvalue weighted by atomic mass is 10.0. The van der Waals surface area contributed by atoms with Crippen molar-refractivity contribution in [3.05, 3.63) is 83.5 Å². The fourth-order valence-corrected chi connectivity index (χ4v) is 3.07. The quantitative estimate of drug-likeness (QED) is 0.112. The number of amides is 2. The molecule has 1 atom stereocenters. The Bertz CT molecular complexity index is 1040. The van der Waals surface area contributed by atoms with Gasteiger partial charge in [-0.3, -0.25) is 15.3 Å². The van der Waals surface area contributed by atoms with Gasteiger partial charge in [0.15, 0.2) is 0 Å². The zero-order valence-corrected chi connectivity index (χ0v) is 19.2. The van der Waals surface area contributed by atoms with E-state index in [1.54, 1.807) is 37.3 Å². The van der Waals surface area contributed by atoms with E-state index < -0.39 is 29.7 Å². The summed E-state index contributed by atoms with van der Waals surface area (Å²) in [5.41, 5.74) is 2.63. The molecule has 0 aliphatic carbocycles. The van der Waals surface area contributed by atoms with Crippen LogP contribution in [0.25, 0.3) is 0 Å². The van der Waals surface area contributed by atoms with Gasteiger partial charge in [-0.1, -0.05) is 24.3 Å². The average molecular weight is 491 g/mol. The largest absolute Gasteiger partial charge is 0.491 e. The molecule has 0 unspecified atom stereocenters. The maximum Gasteiger partial charge on any atom is 0.412 e. The predicted octanol–water partition coefficient (Wildman–Crippen LogP) is 4.80. The Morgan fingerprint density at radius 2 is 1.89 bits per heavy atom. The van der Waals surface area contributed by atoms with Gasteiger partial charge in [-0.2, -0.15) is 0 Å². The lowest BCUT2D eigenvalue weighted by molar-refractivity contribution is -0.124. The lowest BCUT2D eigenvalue weighted by Gasteiger charge is -2.19. The third-order valence-electron chi connectivity index (χ3n) is 4.72. The second kappa shape index (κ2) is 14.5. The number of benzene rings is 2. The van der Waals surface area contributed by atoms with Gasteiger partial charge in [-0.25, -0.2) is 19.1 Å². The summed E-state index contributed by atoms with van der Waals surface area (Å²) in [5, 5.41) is 19.7. The molecule has 8 nitrogen and oxygen atoms in total. The number of anilines is 1. The molecule has 4 N–H and O–H groups in total. The number of nitrogens with one attached hydrogen (secondary N) is 2. The van der Waals surface area contributed by atoms with Crippen LogP contribution in [0.15, 0.2) is 66.3 Å².